The van der Waals surface area contributed by atoms with Crippen molar-refractivity contribution in [3.63, 3.8) is 0 Å². The number of hydrogen-bond acceptors (Lipinski definition) is 8. The number of anilines is 2. The molecule has 0 aliphatic carbocycles. The summed E-state index contributed by atoms with van der Waals surface area (Å²) in [6.07, 6.45) is -4.82. The van der Waals surface area contributed by atoms with Gasteiger partial charge in [-0.1, -0.05) is 0 Å². The summed E-state index contributed by atoms with van der Waals surface area (Å²) in [7, 11) is 3.10. The van der Waals surface area contributed by atoms with Crippen molar-refractivity contribution >= 4 is 22.4 Å². The second kappa shape index (κ2) is 9.99. The van der Waals surface area contributed by atoms with E-state index in [0.717, 1.165) is 6.07 Å². The highest BCUT2D eigenvalue weighted by molar-refractivity contribution is 5.92. The van der Waals surface area contributed by atoms with Crippen LogP contribution < -0.4 is 25.3 Å². The molecule has 0 amide bonds. The van der Waals surface area contributed by atoms with Gasteiger partial charge < -0.3 is 30.0 Å². The van der Waals surface area contributed by atoms with Gasteiger partial charge in [0.05, 0.1) is 25.3 Å². The molecule has 178 valence electrons. The third kappa shape index (κ3) is 6.28. The molecule has 0 radical (unpaired) electrons. The van der Waals surface area contributed by atoms with Crippen LogP contribution in [0.3, 0.4) is 0 Å². The van der Waals surface area contributed by atoms with Gasteiger partial charge in [0.1, 0.15) is 24.0 Å². The second-order valence-corrected chi connectivity index (χ2v) is 7.23. The minimum Gasteiger partial charge on any atom is -0.493 e. The van der Waals surface area contributed by atoms with E-state index in [1.807, 2.05) is 0 Å². The third-order valence-corrected chi connectivity index (χ3v) is 4.68. The van der Waals surface area contributed by atoms with Crippen LogP contribution in [0.5, 0.6) is 17.2 Å². The maximum Gasteiger partial charge on any atom is 0.573 e. The second-order valence-electron chi connectivity index (χ2n) is 7.23. The zero-order chi connectivity index (χ0) is 24.2. The molecular formula is C22H25F3N4O4. The number of aryl methyl sites for hydroxylation is 1. The lowest BCUT2D eigenvalue weighted by Gasteiger charge is -2.19. The fraction of sp³-hybridized carbons (Fsp3) is 0.364. The largest absolute Gasteiger partial charge is 0.573 e. The number of aromatic nitrogens is 2. The molecule has 0 aliphatic rings. The first-order valence-corrected chi connectivity index (χ1v) is 10.0. The molecule has 3 N–H and O–H groups in total. The smallest absolute Gasteiger partial charge is 0.493 e. The number of hydrogen-bond donors (Lipinski definition) is 2. The zero-order valence-corrected chi connectivity index (χ0v) is 18.6. The number of alkyl halides is 3. The minimum absolute atomic E-state index is 0.141. The van der Waals surface area contributed by atoms with Crippen molar-refractivity contribution in [3.8, 4) is 17.2 Å². The van der Waals surface area contributed by atoms with Gasteiger partial charge in [0.15, 0.2) is 11.5 Å². The maximum absolute atomic E-state index is 12.7. The monoisotopic (exact) mass is 466 g/mol. The molecule has 0 bridgehead atoms. The van der Waals surface area contributed by atoms with Crippen molar-refractivity contribution in [2.75, 3.05) is 38.5 Å². The topological polar surface area (TPSA) is 101 Å². The van der Waals surface area contributed by atoms with E-state index in [0.29, 0.717) is 52.8 Å². The molecule has 3 aromatic rings. The molecule has 1 aromatic heterocycles. The van der Waals surface area contributed by atoms with Crippen LogP contribution in [-0.4, -0.2) is 43.8 Å². The lowest BCUT2D eigenvalue weighted by molar-refractivity contribution is -0.274. The minimum atomic E-state index is -4.82. The van der Waals surface area contributed by atoms with E-state index in [9.17, 15) is 13.2 Å². The van der Waals surface area contributed by atoms with Crippen LogP contribution in [-0.2, 0) is 4.74 Å². The van der Waals surface area contributed by atoms with Gasteiger partial charge in [-0.15, -0.1) is 13.2 Å². The first-order chi connectivity index (χ1) is 15.6. The van der Waals surface area contributed by atoms with Gasteiger partial charge in [-0.3, -0.25) is 0 Å². The van der Waals surface area contributed by atoms with E-state index in [4.69, 9.17) is 19.9 Å². The van der Waals surface area contributed by atoms with E-state index in [1.54, 1.807) is 39.2 Å². The highest BCUT2D eigenvalue weighted by Gasteiger charge is 2.31. The summed E-state index contributed by atoms with van der Waals surface area (Å²) in [4.78, 5) is 8.93. The molecule has 0 saturated carbocycles. The summed E-state index contributed by atoms with van der Waals surface area (Å²) < 4.78 is 58.2. The molecule has 0 unspecified atom stereocenters. The number of nitrogens with zero attached hydrogens (tertiary/aromatic N) is 2. The standard InChI is InChI=1S/C22H25F3N4O4/c1-12(14-7-15(26)9-16(8-14)33-22(23,24)25)27-21-17-10-20(32-6-5-30-3)19(31-4)11-18(17)28-13(2)29-21/h7-12H,5-6,26H2,1-4H3,(H,27,28,29)/t12-/m1/s1. The Morgan fingerprint density at radius 1 is 1.03 bits per heavy atom. The Morgan fingerprint density at radius 3 is 2.45 bits per heavy atom. The lowest BCUT2D eigenvalue weighted by Crippen LogP contribution is -2.18. The zero-order valence-electron chi connectivity index (χ0n) is 18.6. The van der Waals surface area contributed by atoms with Gasteiger partial charge in [-0.05, 0) is 37.6 Å². The quantitative estimate of drug-likeness (QED) is 0.348. The molecule has 1 heterocycles. The maximum atomic E-state index is 12.7. The van der Waals surface area contributed by atoms with Crippen molar-refractivity contribution in [3.05, 3.63) is 41.7 Å². The van der Waals surface area contributed by atoms with Gasteiger partial charge >= 0.3 is 6.36 Å². The molecule has 1 atom stereocenters. The van der Waals surface area contributed by atoms with Crippen LogP contribution in [0.15, 0.2) is 30.3 Å². The molecular weight excluding hydrogens is 441 g/mol. The number of ether oxygens (including phenoxy) is 4. The highest BCUT2D eigenvalue weighted by atomic mass is 19.4. The molecule has 2 aromatic carbocycles. The summed E-state index contributed by atoms with van der Waals surface area (Å²) in [6, 6.07) is 6.98. The molecule has 0 fully saturated rings. The fourth-order valence-electron chi connectivity index (χ4n) is 3.25. The molecule has 8 nitrogen and oxygen atoms in total. The molecule has 3 rings (SSSR count). The van der Waals surface area contributed by atoms with Crippen LogP contribution in [0.4, 0.5) is 24.7 Å². The first-order valence-electron chi connectivity index (χ1n) is 10.0. The Hall–Kier alpha value is -3.47. The predicted octanol–water partition coefficient (Wildman–Crippen LogP) is 4.63. The number of nitrogens with one attached hydrogen (secondary N) is 1. The van der Waals surface area contributed by atoms with Gasteiger partial charge in [-0.2, -0.15) is 0 Å². The summed E-state index contributed by atoms with van der Waals surface area (Å²) in [5, 5.41) is 3.88. The molecule has 0 saturated heterocycles. The average Bonchev–Trinajstić information content (AvgIpc) is 2.72. The van der Waals surface area contributed by atoms with Gasteiger partial charge in [0, 0.05) is 30.3 Å². The average molecular weight is 466 g/mol. The highest BCUT2D eigenvalue weighted by Crippen LogP contribution is 2.36. The van der Waals surface area contributed by atoms with Crippen LogP contribution in [0.2, 0.25) is 0 Å². The van der Waals surface area contributed by atoms with Crippen molar-refractivity contribution in [1.82, 2.24) is 9.97 Å². The molecule has 0 aliphatic heterocycles. The van der Waals surface area contributed by atoms with Gasteiger partial charge in [0.2, 0.25) is 0 Å². The molecule has 0 spiro atoms. The van der Waals surface area contributed by atoms with Gasteiger partial charge in [-0.25, -0.2) is 9.97 Å². The van der Waals surface area contributed by atoms with Crippen molar-refractivity contribution in [2.24, 2.45) is 0 Å². The summed E-state index contributed by atoms with van der Waals surface area (Å²) in [5.41, 5.74) is 7.04. The van der Waals surface area contributed by atoms with Crippen LogP contribution in [0.1, 0.15) is 24.4 Å². The van der Waals surface area contributed by atoms with Crippen molar-refractivity contribution in [2.45, 2.75) is 26.3 Å². The lowest BCUT2D eigenvalue weighted by atomic mass is 10.1. The number of fused-ring (bicyclic) bond motifs is 1. The van der Waals surface area contributed by atoms with Crippen molar-refractivity contribution < 1.29 is 32.1 Å². The number of methoxy groups -OCH3 is 2. The third-order valence-electron chi connectivity index (χ3n) is 4.68. The number of nitrogens with two attached hydrogens (primary N) is 1. The molecule has 33 heavy (non-hydrogen) atoms. The number of rotatable bonds is 9. The van der Waals surface area contributed by atoms with E-state index in [-0.39, 0.29) is 5.69 Å². The van der Waals surface area contributed by atoms with E-state index in [1.165, 1.54) is 13.2 Å². The predicted molar refractivity (Wildman–Crippen MR) is 118 cm³/mol. The van der Waals surface area contributed by atoms with Crippen LogP contribution in [0.25, 0.3) is 10.9 Å². The number of benzene rings is 2. The van der Waals surface area contributed by atoms with Crippen molar-refractivity contribution in [1.29, 1.82) is 0 Å². The Bertz CT molecular complexity index is 1120. The van der Waals surface area contributed by atoms with E-state index in [2.05, 4.69) is 20.0 Å². The Labute approximate surface area is 188 Å². The van der Waals surface area contributed by atoms with E-state index < -0.39 is 18.2 Å². The first kappa shape index (κ1) is 24.2. The number of nitrogen functional groups attached to an aromatic ring is 1. The van der Waals surface area contributed by atoms with Gasteiger partial charge in [0.25, 0.3) is 0 Å². The van der Waals surface area contributed by atoms with Crippen LogP contribution >= 0.6 is 0 Å². The summed E-state index contributed by atoms with van der Waals surface area (Å²) in [5.74, 6) is 1.56. The summed E-state index contributed by atoms with van der Waals surface area (Å²) >= 11 is 0. The van der Waals surface area contributed by atoms with E-state index >= 15 is 0 Å². The normalized spacial score (nSPS) is 12.5. The Morgan fingerprint density at radius 2 is 1.79 bits per heavy atom. The fourth-order valence-corrected chi connectivity index (χ4v) is 3.25. The SMILES string of the molecule is COCCOc1cc2c(N[C@H](C)c3cc(N)cc(OC(F)(F)F)c3)nc(C)nc2cc1OC. The summed E-state index contributed by atoms with van der Waals surface area (Å²) in [6.45, 7) is 4.22. The molecule has 11 heteroatoms. The Balaban J connectivity index is 1.97. The van der Waals surface area contributed by atoms with Crippen LogP contribution in [0, 0.1) is 6.92 Å². The Kier molecular flexibility index (Phi) is 7.32. The number of halogens is 3.